The molecule has 5 aliphatic rings. The maximum absolute atomic E-state index is 13.4. The van der Waals surface area contributed by atoms with Crippen LogP contribution < -0.4 is 11.1 Å². The number of aliphatic carboxylic acids is 1. The van der Waals surface area contributed by atoms with E-state index < -0.39 is 58.3 Å². The number of hydrogen-bond donors (Lipinski definition) is 3. The summed E-state index contributed by atoms with van der Waals surface area (Å²) >= 11 is 0. The zero-order valence-electron chi connectivity index (χ0n) is 30.4. The molecule has 0 spiro atoms. The molecule has 2 unspecified atom stereocenters. The van der Waals surface area contributed by atoms with Gasteiger partial charge in [-0.25, -0.2) is 0 Å². The number of rotatable bonds is 11. The molecule has 0 aromatic rings. The number of carboxylic acids is 1. The number of esters is 2. The molecular formula is C38H60N2O8. The van der Waals surface area contributed by atoms with Crippen LogP contribution in [0, 0.1) is 56.7 Å². The molecule has 4 fully saturated rings. The van der Waals surface area contributed by atoms with Crippen LogP contribution in [0.2, 0.25) is 0 Å². The molecule has 4 N–H and O–H groups in total. The predicted octanol–water partition coefficient (Wildman–Crippen LogP) is 5.27. The van der Waals surface area contributed by atoms with Crippen LogP contribution in [0.3, 0.4) is 0 Å². The Balaban J connectivity index is 1.52. The SMILES string of the molecule is CC(=O)O[C@@H]1C[C@]23COC[C@](C)([C@@H]2CC[C@H]2C3=CC[C@@]3(C)[C@H](C(=O)O)[C@@](C)(C(C)C(C)C)CC[C@]23C)[C@H]1OC(=O)C(N)CCCNC=O. The molecule has 0 radical (unpaired) electrons. The number of hydrogen-bond acceptors (Lipinski definition) is 8. The molecular weight excluding hydrogens is 612 g/mol. The van der Waals surface area contributed by atoms with E-state index in [9.17, 15) is 24.3 Å². The van der Waals surface area contributed by atoms with E-state index in [0.717, 1.165) is 25.7 Å². The van der Waals surface area contributed by atoms with Gasteiger partial charge in [0, 0.05) is 24.3 Å². The minimum Gasteiger partial charge on any atom is -0.481 e. The van der Waals surface area contributed by atoms with E-state index in [1.54, 1.807) is 0 Å². The van der Waals surface area contributed by atoms with Gasteiger partial charge in [0.2, 0.25) is 6.41 Å². The van der Waals surface area contributed by atoms with Crippen molar-refractivity contribution in [3.8, 4) is 0 Å². The lowest BCUT2D eigenvalue weighted by molar-refractivity contribution is -0.263. The summed E-state index contributed by atoms with van der Waals surface area (Å²) in [5, 5.41) is 13.5. The molecule has 1 aliphatic heterocycles. The Bertz CT molecular complexity index is 1320. The Hall–Kier alpha value is -2.46. The van der Waals surface area contributed by atoms with Crippen molar-refractivity contribution in [1.82, 2.24) is 5.32 Å². The lowest BCUT2D eigenvalue weighted by Crippen LogP contribution is -2.70. The highest BCUT2D eigenvalue weighted by Crippen LogP contribution is 2.75. The van der Waals surface area contributed by atoms with Crippen molar-refractivity contribution in [2.24, 2.45) is 62.4 Å². The molecule has 0 aromatic carbocycles. The van der Waals surface area contributed by atoms with Gasteiger partial charge in [-0.1, -0.05) is 60.1 Å². The number of ether oxygens (including phenoxy) is 3. The summed E-state index contributed by atoms with van der Waals surface area (Å²) in [6.45, 7) is 18.2. The molecule has 2 bridgehead atoms. The highest BCUT2D eigenvalue weighted by atomic mass is 16.6. The van der Waals surface area contributed by atoms with Crippen molar-refractivity contribution in [2.75, 3.05) is 19.8 Å². The van der Waals surface area contributed by atoms with Gasteiger partial charge in [0.15, 0.2) is 0 Å². The summed E-state index contributed by atoms with van der Waals surface area (Å²) < 4.78 is 18.7. The van der Waals surface area contributed by atoms with E-state index >= 15 is 0 Å². The topological polar surface area (TPSA) is 154 Å². The van der Waals surface area contributed by atoms with Crippen molar-refractivity contribution >= 4 is 24.3 Å². The molecule has 3 saturated carbocycles. The molecule has 5 rings (SSSR count). The third-order valence-electron chi connectivity index (χ3n) is 14.9. The van der Waals surface area contributed by atoms with Crippen LogP contribution in [-0.2, 0) is 33.4 Å². The van der Waals surface area contributed by atoms with Crippen LogP contribution in [0.4, 0.5) is 0 Å². The van der Waals surface area contributed by atoms with Gasteiger partial charge in [0.05, 0.1) is 19.1 Å². The van der Waals surface area contributed by atoms with Gasteiger partial charge < -0.3 is 30.4 Å². The number of carboxylic acid groups (broad SMARTS) is 1. The van der Waals surface area contributed by atoms with Crippen LogP contribution in [0.25, 0.3) is 0 Å². The van der Waals surface area contributed by atoms with Crippen LogP contribution >= 0.6 is 0 Å². The minimum absolute atomic E-state index is 0.122. The van der Waals surface area contributed by atoms with E-state index in [0.29, 0.717) is 57.8 Å². The van der Waals surface area contributed by atoms with Crippen LogP contribution in [0.1, 0.15) is 107 Å². The first-order valence-corrected chi connectivity index (χ1v) is 18.2. The Labute approximate surface area is 286 Å². The molecule has 10 heteroatoms. The van der Waals surface area contributed by atoms with Gasteiger partial charge >= 0.3 is 17.9 Å². The summed E-state index contributed by atoms with van der Waals surface area (Å²) in [7, 11) is 0. The van der Waals surface area contributed by atoms with E-state index in [2.05, 4.69) is 59.9 Å². The third kappa shape index (κ3) is 5.51. The molecule has 12 atom stereocenters. The third-order valence-corrected chi connectivity index (χ3v) is 14.9. The second kappa shape index (κ2) is 13.0. The minimum atomic E-state index is -0.872. The number of amides is 1. The maximum atomic E-state index is 13.4. The summed E-state index contributed by atoms with van der Waals surface area (Å²) in [4.78, 5) is 49.9. The first-order valence-electron chi connectivity index (χ1n) is 18.2. The highest BCUT2D eigenvalue weighted by molar-refractivity contribution is 5.76. The first kappa shape index (κ1) is 36.8. The number of carbonyl (C=O) groups excluding carboxylic acids is 3. The molecule has 0 aromatic heterocycles. The van der Waals surface area contributed by atoms with Crippen molar-refractivity contribution in [3.05, 3.63) is 11.6 Å². The standard InChI is InChI=1S/C38H60N2O8/c1-22(2)23(3)34(5)15-16-36(7)25-11-12-29-35(6)19-46-20-38(29,26(25)13-14-37(36,8)30(34)32(43)44)18-28(47-24(4)42)31(35)48-33(45)27(39)10-9-17-40-21-41/h13,21-23,25,27-31H,9-12,14-20,39H2,1-8H3,(H,40,41)(H,43,44)/t23?,25-,27?,28+,29-,30+,31-,34+,35+,36+,37-,38+/m0/s1. The quantitative estimate of drug-likeness (QED) is 0.115. The first-order chi connectivity index (χ1) is 22.4. The molecule has 10 nitrogen and oxygen atoms in total. The second-order valence-corrected chi connectivity index (χ2v) is 17.4. The Morgan fingerprint density at radius 2 is 1.79 bits per heavy atom. The summed E-state index contributed by atoms with van der Waals surface area (Å²) in [6.07, 6.45) is 7.23. The lowest BCUT2D eigenvalue weighted by Gasteiger charge is -2.71. The maximum Gasteiger partial charge on any atom is 0.323 e. The molecule has 1 heterocycles. The van der Waals surface area contributed by atoms with E-state index in [-0.39, 0.29) is 28.6 Å². The highest BCUT2D eigenvalue weighted by Gasteiger charge is 2.72. The van der Waals surface area contributed by atoms with Gasteiger partial charge in [-0.05, 0) is 91.3 Å². The fourth-order valence-electron chi connectivity index (χ4n) is 11.9. The fraction of sp³-hybridized carbons (Fsp3) is 0.842. The van der Waals surface area contributed by atoms with E-state index in [1.807, 2.05) is 0 Å². The van der Waals surface area contributed by atoms with Gasteiger partial charge in [0.1, 0.15) is 18.2 Å². The van der Waals surface area contributed by atoms with E-state index in [1.165, 1.54) is 12.5 Å². The predicted molar refractivity (Wildman–Crippen MR) is 180 cm³/mol. The van der Waals surface area contributed by atoms with Gasteiger partial charge in [0.25, 0.3) is 0 Å². The zero-order chi connectivity index (χ0) is 35.4. The van der Waals surface area contributed by atoms with Gasteiger partial charge in [-0.3, -0.25) is 19.2 Å². The molecule has 4 aliphatic carbocycles. The van der Waals surface area contributed by atoms with Crippen molar-refractivity contribution < 1.29 is 38.5 Å². The molecule has 1 saturated heterocycles. The van der Waals surface area contributed by atoms with Crippen LogP contribution in [0.5, 0.6) is 0 Å². The number of nitrogens with two attached hydrogens (primary N) is 1. The number of fused-ring (bicyclic) bond motifs is 3. The lowest BCUT2D eigenvalue weighted by atomic mass is 9.34. The summed E-state index contributed by atoms with van der Waals surface area (Å²) in [5.41, 5.74) is 5.53. The van der Waals surface area contributed by atoms with Crippen molar-refractivity contribution in [3.63, 3.8) is 0 Å². The van der Waals surface area contributed by atoms with Crippen LogP contribution in [-0.4, -0.2) is 67.4 Å². The van der Waals surface area contributed by atoms with Crippen molar-refractivity contribution in [1.29, 1.82) is 0 Å². The Morgan fingerprint density at radius 3 is 2.42 bits per heavy atom. The zero-order valence-corrected chi connectivity index (χ0v) is 30.4. The smallest absolute Gasteiger partial charge is 0.323 e. The largest absolute Gasteiger partial charge is 0.481 e. The fourth-order valence-corrected chi connectivity index (χ4v) is 11.9. The Morgan fingerprint density at radius 1 is 1.08 bits per heavy atom. The molecule has 48 heavy (non-hydrogen) atoms. The van der Waals surface area contributed by atoms with Crippen molar-refractivity contribution in [2.45, 2.75) is 125 Å². The summed E-state index contributed by atoms with van der Waals surface area (Å²) in [6, 6.07) is -0.872. The van der Waals surface area contributed by atoms with Gasteiger partial charge in [-0.15, -0.1) is 0 Å². The number of carbonyl (C=O) groups is 4. The average molecular weight is 673 g/mol. The normalized spacial score (nSPS) is 43.0. The average Bonchev–Trinajstić information content (AvgIpc) is 3.00. The number of nitrogens with one attached hydrogen (secondary N) is 1. The second-order valence-electron chi connectivity index (χ2n) is 17.4. The van der Waals surface area contributed by atoms with E-state index in [4.69, 9.17) is 19.9 Å². The van der Waals surface area contributed by atoms with Gasteiger partial charge in [-0.2, -0.15) is 0 Å². The summed E-state index contributed by atoms with van der Waals surface area (Å²) in [5.74, 6) is -1.21. The Kier molecular flexibility index (Phi) is 9.98. The number of allylic oxidation sites excluding steroid dienone is 1. The monoisotopic (exact) mass is 672 g/mol. The molecule has 1 amide bonds. The molecule has 270 valence electrons. The van der Waals surface area contributed by atoms with Crippen LogP contribution in [0.15, 0.2) is 11.6 Å².